The highest BCUT2D eigenvalue weighted by atomic mass is 16.5. The maximum absolute atomic E-state index is 12.4. The Morgan fingerprint density at radius 1 is 1.04 bits per heavy atom. The molecule has 0 atom stereocenters. The second kappa shape index (κ2) is 10.5. The highest BCUT2D eigenvalue weighted by molar-refractivity contribution is 5.95. The SMILES string of the molecule is CCCNC(=O)CNC(=O)COC(=O)c1cc(C(C)C)cc(C(C)C)c1O. The van der Waals surface area contributed by atoms with E-state index >= 15 is 0 Å². The van der Waals surface area contributed by atoms with Crippen LogP contribution in [0.2, 0.25) is 0 Å². The van der Waals surface area contributed by atoms with Crippen molar-refractivity contribution in [2.24, 2.45) is 0 Å². The maximum Gasteiger partial charge on any atom is 0.342 e. The average Bonchev–Trinajstić information content (AvgIpc) is 2.62. The van der Waals surface area contributed by atoms with Crippen molar-refractivity contribution in [2.45, 2.75) is 52.9 Å². The van der Waals surface area contributed by atoms with Crippen LogP contribution < -0.4 is 10.6 Å². The monoisotopic (exact) mass is 378 g/mol. The van der Waals surface area contributed by atoms with Crippen molar-refractivity contribution in [1.29, 1.82) is 0 Å². The Morgan fingerprint density at radius 3 is 2.26 bits per heavy atom. The van der Waals surface area contributed by atoms with E-state index in [1.54, 1.807) is 6.07 Å². The number of phenols is 1. The molecule has 150 valence electrons. The number of carbonyl (C=O) groups excluding carboxylic acids is 3. The first-order valence-corrected chi connectivity index (χ1v) is 9.24. The van der Waals surface area contributed by atoms with Crippen molar-refractivity contribution >= 4 is 17.8 Å². The molecule has 1 aromatic carbocycles. The van der Waals surface area contributed by atoms with Gasteiger partial charge in [-0.25, -0.2) is 4.79 Å². The van der Waals surface area contributed by atoms with Gasteiger partial charge in [0.05, 0.1) is 6.54 Å². The molecule has 0 aromatic heterocycles. The van der Waals surface area contributed by atoms with Crippen molar-refractivity contribution in [3.63, 3.8) is 0 Å². The number of benzene rings is 1. The van der Waals surface area contributed by atoms with Crippen molar-refractivity contribution in [3.05, 3.63) is 28.8 Å². The van der Waals surface area contributed by atoms with Crippen LogP contribution in [0.5, 0.6) is 5.75 Å². The quantitative estimate of drug-likeness (QED) is 0.573. The Bertz CT molecular complexity index is 683. The van der Waals surface area contributed by atoms with Crippen molar-refractivity contribution < 1.29 is 24.2 Å². The second-order valence-corrected chi connectivity index (χ2v) is 7.02. The van der Waals surface area contributed by atoms with E-state index in [-0.39, 0.29) is 35.6 Å². The molecular weight excluding hydrogens is 348 g/mol. The summed E-state index contributed by atoms with van der Waals surface area (Å²) in [4.78, 5) is 35.6. The van der Waals surface area contributed by atoms with Gasteiger partial charge in [0.25, 0.3) is 5.91 Å². The van der Waals surface area contributed by atoms with Crippen LogP contribution in [0, 0.1) is 0 Å². The third-order valence-electron chi connectivity index (χ3n) is 4.02. The topological polar surface area (TPSA) is 105 Å². The van der Waals surface area contributed by atoms with Gasteiger partial charge < -0.3 is 20.5 Å². The third kappa shape index (κ3) is 6.92. The summed E-state index contributed by atoms with van der Waals surface area (Å²) < 4.78 is 5.01. The number of hydrogen-bond donors (Lipinski definition) is 3. The number of esters is 1. The molecule has 7 nitrogen and oxygen atoms in total. The predicted octanol–water partition coefficient (Wildman–Crippen LogP) is 2.44. The molecule has 0 aliphatic carbocycles. The van der Waals surface area contributed by atoms with Gasteiger partial charge in [-0.2, -0.15) is 0 Å². The summed E-state index contributed by atoms with van der Waals surface area (Å²) >= 11 is 0. The Balaban J connectivity index is 2.74. The van der Waals surface area contributed by atoms with Crippen LogP contribution in [0.3, 0.4) is 0 Å². The van der Waals surface area contributed by atoms with Crippen molar-refractivity contribution in [2.75, 3.05) is 19.7 Å². The van der Waals surface area contributed by atoms with Crippen LogP contribution in [0.15, 0.2) is 12.1 Å². The van der Waals surface area contributed by atoms with E-state index in [9.17, 15) is 19.5 Å². The smallest absolute Gasteiger partial charge is 0.342 e. The molecule has 0 heterocycles. The fraction of sp³-hybridized carbons (Fsp3) is 0.550. The number of hydrogen-bond acceptors (Lipinski definition) is 5. The average molecular weight is 378 g/mol. The van der Waals surface area contributed by atoms with E-state index in [0.717, 1.165) is 12.0 Å². The largest absolute Gasteiger partial charge is 0.507 e. The van der Waals surface area contributed by atoms with E-state index in [0.29, 0.717) is 12.1 Å². The first kappa shape index (κ1) is 22.5. The van der Waals surface area contributed by atoms with Crippen LogP contribution in [0.4, 0.5) is 0 Å². The minimum atomic E-state index is -0.775. The van der Waals surface area contributed by atoms with Crippen LogP contribution in [-0.4, -0.2) is 42.6 Å². The zero-order valence-corrected chi connectivity index (χ0v) is 16.7. The van der Waals surface area contributed by atoms with E-state index in [1.165, 1.54) is 0 Å². The lowest BCUT2D eigenvalue weighted by atomic mass is 9.92. The van der Waals surface area contributed by atoms with Gasteiger partial charge in [0.2, 0.25) is 5.91 Å². The van der Waals surface area contributed by atoms with Crippen molar-refractivity contribution in [1.82, 2.24) is 10.6 Å². The summed E-state index contributed by atoms with van der Waals surface area (Å²) in [6.45, 7) is 9.58. The van der Waals surface area contributed by atoms with E-state index in [1.807, 2.05) is 40.7 Å². The van der Waals surface area contributed by atoms with Gasteiger partial charge in [-0.1, -0.05) is 40.7 Å². The maximum atomic E-state index is 12.4. The van der Waals surface area contributed by atoms with Gasteiger partial charge >= 0.3 is 5.97 Å². The normalized spacial score (nSPS) is 10.8. The summed E-state index contributed by atoms with van der Waals surface area (Å²) in [6.07, 6.45) is 0.800. The molecule has 3 N–H and O–H groups in total. The molecule has 0 saturated carbocycles. The van der Waals surface area contributed by atoms with Crippen LogP contribution in [0.1, 0.15) is 74.4 Å². The van der Waals surface area contributed by atoms with Gasteiger partial charge in [0.15, 0.2) is 6.61 Å². The molecule has 0 bridgehead atoms. The first-order valence-electron chi connectivity index (χ1n) is 9.24. The van der Waals surface area contributed by atoms with Gasteiger partial charge in [0, 0.05) is 6.54 Å². The van der Waals surface area contributed by atoms with Crippen LogP contribution in [-0.2, 0) is 14.3 Å². The Labute approximate surface area is 160 Å². The second-order valence-electron chi connectivity index (χ2n) is 7.02. The zero-order chi connectivity index (χ0) is 20.6. The zero-order valence-electron chi connectivity index (χ0n) is 16.7. The molecule has 0 saturated heterocycles. The third-order valence-corrected chi connectivity index (χ3v) is 4.02. The molecule has 1 rings (SSSR count). The summed E-state index contributed by atoms with van der Waals surface area (Å²) in [5, 5.41) is 15.4. The summed E-state index contributed by atoms with van der Waals surface area (Å²) in [5.74, 6) is -1.60. The van der Waals surface area contributed by atoms with E-state index in [2.05, 4.69) is 10.6 Å². The van der Waals surface area contributed by atoms with E-state index < -0.39 is 18.5 Å². The molecule has 0 unspecified atom stereocenters. The number of amides is 2. The van der Waals surface area contributed by atoms with Crippen molar-refractivity contribution in [3.8, 4) is 5.75 Å². The molecule has 0 aliphatic heterocycles. The lowest BCUT2D eigenvalue weighted by Gasteiger charge is -2.16. The molecule has 0 aliphatic rings. The fourth-order valence-electron chi connectivity index (χ4n) is 2.37. The molecule has 27 heavy (non-hydrogen) atoms. The Morgan fingerprint density at radius 2 is 1.70 bits per heavy atom. The summed E-state index contributed by atoms with van der Waals surface area (Å²) in [7, 11) is 0. The van der Waals surface area contributed by atoms with Crippen LogP contribution in [0.25, 0.3) is 0 Å². The number of nitrogens with one attached hydrogen (secondary N) is 2. The number of carbonyl (C=O) groups is 3. The van der Waals surface area contributed by atoms with Gasteiger partial charge in [0.1, 0.15) is 11.3 Å². The lowest BCUT2D eigenvalue weighted by Crippen LogP contribution is -2.38. The number of phenolic OH excluding ortho intramolecular Hbond substituents is 1. The van der Waals surface area contributed by atoms with E-state index in [4.69, 9.17) is 4.74 Å². The molecule has 0 radical (unpaired) electrons. The number of aromatic hydroxyl groups is 1. The van der Waals surface area contributed by atoms with Gasteiger partial charge in [-0.3, -0.25) is 9.59 Å². The minimum absolute atomic E-state index is 0.0279. The van der Waals surface area contributed by atoms with Crippen LogP contribution >= 0.6 is 0 Å². The summed E-state index contributed by atoms with van der Waals surface area (Å²) in [5.41, 5.74) is 1.60. The lowest BCUT2D eigenvalue weighted by molar-refractivity contribution is -0.127. The molecule has 2 amide bonds. The standard InChI is InChI=1S/C20H30N2O5/c1-6-7-21-17(23)10-22-18(24)11-27-20(26)16-9-14(12(2)3)8-15(13(4)5)19(16)25/h8-9,12-13,25H,6-7,10-11H2,1-5H3,(H,21,23)(H,22,24). The number of ether oxygens (including phenoxy) is 1. The predicted molar refractivity (Wildman–Crippen MR) is 103 cm³/mol. The Kier molecular flexibility index (Phi) is 8.78. The summed E-state index contributed by atoms with van der Waals surface area (Å²) in [6, 6.07) is 3.47. The minimum Gasteiger partial charge on any atom is -0.507 e. The molecular formula is C20H30N2O5. The first-order chi connectivity index (χ1) is 12.7. The highest BCUT2D eigenvalue weighted by Gasteiger charge is 2.21. The molecule has 1 aromatic rings. The van der Waals surface area contributed by atoms with Gasteiger partial charge in [-0.15, -0.1) is 0 Å². The fourth-order valence-corrected chi connectivity index (χ4v) is 2.37. The molecule has 0 fully saturated rings. The Hall–Kier alpha value is -2.57. The number of rotatable bonds is 9. The highest BCUT2D eigenvalue weighted by Crippen LogP contribution is 2.33. The molecule has 7 heteroatoms. The van der Waals surface area contributed by atoms with Gasteiger partial charge in [-0.05, 0) is 35.4 Å². The molecule has 0 spiro atoms.